The summed E-state index contributed by atoms with van der Waals surface area (Å²) in [4.78, 5) is 28.9. The number of carbonyl (C=O) groups is 2. The number of carbonyl (C=O) groups excluding carboxylic acids is 2. The van der Waals surface area contributed by atoms with Crippen molar-refractivity contribution in [2.45, 2.75) is 0 Å². The standard InChI is InChI=1S/C25H16ClNO4/c26-20-13-11-18(12-14-20)24(28)30-22-9-5-4-8-19(22)16-21-25(29)31-23(27-21)15-10-17-6-2-1-3-7-17/h1-16H/b15-10+,21-16+. The van der Waals surface area contributed by atoms with Crippen LogP contribution in [0.2, 0.25) is 5.02 Å². The summed E-state index contributed by atoms with van der Waals surface area (Å²) in [5.74, 6) is -0.625. The van der Waals surface area contributed by atoms with Crippen LogP contribution in [-0.4, -0.2) is 17.8 Å². The second kappa shape index (κ2) is 9.24. The first-order valence-electron chi connectivity index (χ1n) is 9.41. The first-order valence-corrected chi connectivity index (χ1v) is 9.79. The molecule has 0 saturated heterocycles. The average Bonchev–Trinajstić information content (AvgIpc) is 3.14. The lowest BCUT2D eigenvalue weighted by atomic mass is 10.1. The van der Waals surface area contributed by atoms with Crippen molar-refractivity contribution in [3.8, 4) is 5.75 Å². The van der Waals surface area contributed by atoms with Crippen molar-refractivity contribution in [1.82, 2.24) is 0 Å². The molecular formula is C25H16ClNO4. The van der Waals surface area contributed by atoms with E-state index < -0.39 is 11.9 Å². The number of halogens is 1. The fraction of sp³-hybridized carbons (Fsp3) is 0. The number of ether oxygens (including phenoxy) is 2. The molecule has 31 heavy (non-hydrogen) atoms. The van der Waals surface area contributed by atoms with Crippen molar-refractivity contribution in [3.05, 3.63) is 112 Å². The molecule has 0 N–H and O–H groups in total. The third-order valence-electron chi connectivity index (χ3n) is 4.35. The molecule has 0 spiro atoms. The molecule has 1 aliphatic heterocycles. The topological polar surface area (TPSA) is 65.0 Å². The number of nitrogens with zero attached hydrogens (tertiary/aromatic N) is 1. The summed E-state index contributed by atoms with van der Waals surface area (Å²) in [7, 11) is 0. The summed E-state index contributed by atoms with van der Waals surface area (Å²) in [6, 6.07) is 22.8. The van der Waals surface area contributed by atoms with Crippen molar-refractivity contribution in [2.75, 3.05) is 0 Å². The summed E-state index contributed by atoms with van der Waals surface area (Å²) in [5, 5.41) is 0.524. The van der Waals surface area contributed by atoms with Gasteiger partial charge in [-0.2, -0.15) is 0 Å². The molecule has 0 amide bonds. The number of aliphatic imine (C=N–C) groups is 1. The van der Waals surface area contributed by atoms with Crippen LogP contribution in [0.4, 0.5) is 0 Å². The molecule has 0 unspecified atom stereocenters. The highest BCUT2D eigenvalue weighted by Crippen LogP contribution is 2.25. The van der Waals surface area contributed by atoms with Gasteiger partial charge in [0, 0.05) is 16.7 Å². The normalized spacial score (nSPS) is 14.5. The minimum atomic E-state index is -0.577. The number of cyclic esters (lactones) is 1. The molecule has 0 saturated carbocycles. The van der Waals surface area contributed by atoms with Crippen LogP contribution in [0, 0.1) is 0 Å². The fourth-order valence-electron chi connectivity index (χ4n) is 2.81. The summed E-state index contributed by atoms with van der Waals surface area (Å²) < 4.78 is 10.7. The van der Waals surface area contributed by atoms with Gasteiger partial charge in [-0.15, -0.1) is 0 Å². The Labute approximate surface area is 183 Å². The Hall–Kier alpha value is -3.96. The molecule has 152 valence electrons. The first kappa shape index (κ1) is 20.3. The van der Waals surface area contributed by atoms with E-state index in [1.54, 1.807) is 60.7 Å². The summed E-state index contributed by atoms with van der Waals surface area (Å²) in [5.41, 5.74) is 1.95. The van der Waals surface area contributed by atoms with Crippen LogP contribution in [0.1, 0.15) is 21.5 Å². The van der Waals surface area contributed by atoms with Gasteiger partial charge in [-0.3, -0.25) is 0 Å². The Balaban J connectivity index is 1.55. The van der Waals surface area contributed by atoms with Crippen LogP contribution < -0.4 is 4.74 Å². The Bertz CT molecular complexity index is 1210. The largest absolute Gasteiger partial charge is 0.422 e. The van der Waals surface area contributed by atoms with E-state index in [4.69, 9.17) is 21.1 Å². The number of hydrogen-bond acceptors (Lipinski definition) is 5. The molecule has 0 bridgehead atoms. The van der Waals surface area contributed by atoms with Gasteiger partial charge in [0.1, 0.15) is 5.75 Å². The smallest absolute Gasteiger partial charge is 0.363 e. The third-order valence-corrected chi connectivity index (χ3v) is 4.60. The molecule has 1 aliphatic rings. The van der Waals surface area contributed by atoms with E-state index in [0.717, 1.165) is 5.56 Å². The molecule has 0 aromatic heterocycles. The van der Waals surface area contributed by atoms with Crippen molar-refractivity contribution >= 4 is 41.6 Å². The lowest BCUT2D eigenvalue weighted by Gasteiger charge is -2.07. The van der Waals surface area contributed by atoms with E-state index in [9.17, 15) is 9.59 Å². The maximum Gasteiger partial charge on any atom is 0.363 e. The molecule has 0 radical (unpaired) electrons. The molecule has 4 rings (SSSR count). The van der Waals surface area contributed by atoms with E-state index >= 15 is 0 Å². The van der Waals surface area contributed by atoms with Crippen LogP contribution in [0.25, 0.3) is 12.2 Å². The van der Waals surface area contributed by atoms with Crippen LogP contribution >= 0.6 is 11.6 Å². The van der Waals surface area contributed by atoms with Gasteiger partial charge in [0.15, 0.2) is 5.70 Å². The van der Waals surface area contributed by atoms with E-state index in [2.05, 4.69) is 4.99 Å². The Morgan fingerprint density at radius 2 is 1.61 bits per heavy atom. The Kier molecular flexibility index (Phi) is 6.05. The van der Waals surface area contributed by atoms with Gasteiger partial charge in [-0.05, 0) is 48.0 Å². The SMILES string of the molecule is O=C1OC(/C=C/c2ccccc2)=NC/1=C/c1ccccc1OC(=O)c1ccc(Cl)cc1. The highest BCUT2D eigenvalue weighted by atomic mass is 35.5. The van der Waals surface area contributed by atoms with Gasteiger partial charge < -0.3 is 9.47 Å². The molecule has 6 heteroatoms. The Morgan fingerprint density at radius 1 is 0.903 bits per heavy atom. The lowest BCUT2D eigenvalue weighted by molar-refractivity contribution is -0.129. The van der Waals surface area contributed by atoms with E-state index in [0.29, 0.717) is 21.9 Å². The third kappa shape index (κ3) is 5.15. The monoisotopic (exact) mass is 429 g/mol. The zero-order chi connectivity index (χ0) is 21.6. The van der Waals surface area contributed by atoms with Crippen molar-refractivity contribution in [1.29, 1.82) is 0 Å². The molecule has 1 heterocycles. The molecule has 0 atom stereocenters. The number of benzene rings is 3. The maximum atomic E-state index is 12.4. The lowest BCUT2D eigenvalue weighted by Crippen LogP contribution is -2.09. The highest BCUT2D eigenvalue weighted by Gasteiger charge is 2.22. The molecule has 0 fully saturated rings. The highest BCUT2D eigenvalue weighted by molar-refractivity contribution is 6.30. The minimum Gasteiger partial charge on any atom is -0.422 e. The molecule has 3 aromatic carbocycles. The zero-order valence-corrected chi connectivity index (χ0v) is 17.0. The van der Waals surface area contributed by atoms with Crippen LogP contribution in [0.5, 0.6) is 5.75 Å². The fourth-order valence-corrected chi connectivity index (χ4v) is 2.94. The van der Waals surface area contributed by atoms with Crippen LogP contribution in [0.15, 0.2) is 95.6 Å². The first-order chi connectivity index (χ1) is 15.1. The maximum absolute atomic E-state index is 12.4. The zero-order valence-electron chi connectivity index (χ0n) is 16.2. The predicted octanol–water partition coefficient (Wildman–Crippen LogP) is 5.57. The van der Waals surface area contributed by atoms with Crippen molar-refractivity contribution in [2.24, 2.45) is 4.99 Å². The summed E-state index contributed by atoms with van der Waals surface area (Å²) in [6.07, 6.45) is 4.95. The minimum absolute atomic E-state index is 0.114. The molecular weight excluding hydrogens is 414 g/mol. The van der Waals surface area contributed by atoms with Crippen molar-refractivity contribution < 1.29 is 19.1 Å². The van der Waals surface area contributed by atoms with Gasteiger partial charge in [0.2, 0.25) is 5.90 Å². The van der Waals surface area contributed by atoms with Crippen molar-refractivity contribution in [3.63, 3.8) is 0 Å². The van der Waals surface area contributed by atoms with E-state index in [1.807, 2.05) is 30.3 Å². The average molecular weight is 430 g/mol. The molecule has 0 aliphatic carbocycles. The van der Waals surface area contributed by atoms with Gasteiger partial charge in [-0.1, -0.05) is 60.1 Å². The predicted molar refractivity (Wildman–Crippen MR) is 120 cm³/mol. The number of esters is 2. The molecule has 5 nitrogen and oxygen atoms in total. The quantitative estimate of drug-likeness (QED) is 0.302. The van der Waals surface area contributed by atoms with Crippen LogP contribution in [-0.2, 0) is 9.53 Å². The van der Waals surface area contributed by atoms with Crippen LogP contribution in [0.3, 0.4) is 0 Å². The van der Waals surface area contributed by atoms with E-state index in [-0.39, 0.29) is 11.6 Å². The summed E-state index contributed by atoms with van der Waals surface area (Å²) in [6.45, 7) is 0. The van der Waals surface area contributed by atoms with Gasteiger partial charge >= 0.3 is 11.9 Å². The number of rotatable bonds is 5. The van der Waals surface area contributed by atoms with E-state index in [1.165, 1.54) is 6.08 Å². The van der Waals surface area contributed by atoms with Gasteiger partial charge in [0.25, 0.3) is 0 Å². The molecule has 3 aromatic rings. The second-order valence-electron chi connectivity index (χ2n) is 6.55. The second-order valence-corrected chi connectivity index (χ2v) is 6.98. The van der Waals surface area contributed by atoms with Gasteiger partial charge in [-0.25, -0.2) is 14.6 Å². The van der Waals surface area contributed by atoms with Gasteiger partial charge in [0.05, 0.1) is 5.56 Å². The summed E-state index contributed by atoms with van der Waals surface area (Å²) >= 11 is 5.86. The number of para-hydroxylation sites is 1. The number of hydrogen-bond donors (Lipinski definition) is 0. The Morgan fingerprint density at radius 3 is 2.39 bits per heavy atom.